The van der Waals surface area contributed by atoms with Gasteiger partial charge in [-0.2, -0.15) is 0 Å². The van der Waals surface area contributed by atoms with Gasteiger partial charge in [-0.15, -0.1) is 0 Å². The fraction of sp³-hybridized carbons (Fsp3) is 0.562. The molecule has 2 fully saturated rings. The van der Waals surface area contributed by atoms with Gasteiger partial charge < -0.3 is 19.1 Å². The summed E-state index contributed by atoms with van der Waals surface area (Å²) in [4.78, 5) is 14.7. The average molecular weight is 326 g/mol. The van der Waals surface area contributed by atoms with Crippen molar-refractivity contribution in [3.8, 4) is 5.75 Å². The highest BCUT2D eigenvalue weighted by Gasteiger charge is 2.44. The highest BCUT2D eigenvalue weighted by Crippen LogP contribution is 2.33. The first-order valence-electron chi connectivity index (χ1n) is 7.44. The molecule has 6 heteroatoms. The SMILES string of the molecule is COc1ccc(C(=O)N2CCO[C@H]3[C@@H](OC)CC[C@@H]32)cc1Cl. The molecule has 0 N–H and O–H groups in total. The second-order valence-corrected chi connectivity index (χ2v) is 6.01. The highest BCUT2D eigenvalue weighted by atomic mass is 35.5. The van der Waals surface area contributed by atoms with Crippen molar-refractivity contribution in [2.75, 3.05) is 27.4 Å². The number of hydrogen-bond donors (Lipinski definition) is 0. The number of morpholine rings is 1. The number of rotatable bonds is 3. The van der Waals surface area contributed by atoms with Gasteiger partial charge in [-0.3, -0.25) is 4.79 Å². The Morgan fingerprint density at radius 1 is 1.36 bits per heavy atom. The van der Waals surface area contributed by atoms with Crippen LogP contribution in [-0.4, -0.2) is 56.4 Å². The van der Waals surface area contributed by atoms with Gasteiger partial charge in [0.25, 0.3) is 5.91 Å². The van der Waals surface area contributed by atoms with Crippen molar-refractivity contribution in [2.45, 2.75) is 31.1 Å². The zero-order valence-corrected chi connectivity index (χ0v) is 13.5. The molecule has 1 saturated carbocycles. The Balaban J connectivity index is 1.81. The Morgan fingerprint density at radius 3 is 2.86 bits per heavy atom. The average Bonchev–Trinajstić information content (AvgIpc) is 2.97. The topological polar surface area (TPSA) is 48.0 Å². The van der Waals surface area contributed by atoms with Crippen LogP contribution in [0.25, 0.3) is 0 Å². The lowest BCUT2D eigenvalue weighted by Crippen LogP contribution is -2.53. The predicted octanol–water partition coefficient (Wildman–Crippen LogP) is 2.37. The van der Waals surface area contributed by atoms with Gasteiger partial charge in [0.05, 0.1) is 30.9 Å². The Kier molecular flexibility index (Phi) is 4.57. The van der Waals surface area contributed by atoms with Crippen LogP contribution in [0.4, 0.5) is 0 Å². The molecule has 3 atom stereocenters. The third-order valence-corrected chi connectivity index (χ3v) is 4.79. The summed E-state index contributed by atoms with van der Waals surface area (Å²) in [7, 11) is 3.25. The minimum absolute atomic E-state index is 0.0143. The molecular weight excluding hydrogens is 306 g/mol. The van der Waals surface area contributed by atoms with E-state index in [0.29, 0.717) is 29.5 Å². The lowest BCUT2D eigenvalue weighted by molar-refractivity contribution is -0.0946. The highest BCUT2D eigenvalue weighted by molar-refractivity contribution is 6.32. The zero-order valence-electron chi connectivity index (χ0n) is 12.8. The molecule has 1 aliphatic heterocycles. The smallest absolute Gasteiger partial charge is 0.254 e. The van der Waals surface area contributed by atoms with E-state index in [9.17, 15) is 4.79 Å². The molecule has 0 aromatic heterocycles. The van der Waals surface area contributed by atoms with Gasteiger partial charge in [-0.05, 0) is 31.0 Å². The van der Waals surface area contributed by atoms with E-state index in [1.54, 1.807) is 32.4 Å². The number of hydrogen-bond acceptors (Lipinski definition) is 4. The largest absolute Gasteiger partial charge is 0.495 e. The number of carbonyl (C=O) groups is 1. The molecule has 1 aromatic carbocycles. The van der Waals surface area contributed by atoms with Crippen molar-refractivity contribution in [2.24, 2.45) is 0 Å². The lowest BCUT2D eigenvalue weighted by Gasteiger charge is -2.39. The lowest BCUT2D eigenvalue weighted by atomic mass is 10.1. The molecule has 0 bridgehead atoms. The Labute approximate surface area is 135 Å². The molecular formula is C16H20ClNO4. The number of fused-ring (bicyclic) bond motifs is 1. The summed E-state index contributed by atoms with van der Waals surface area (Å²) in [5, 5.41) is 0.444. The minimum atomic E-state index is -0.0311. The van der Waals surface area contributed by atoms with Gasteiger partial charge in [0.2, 0.25) is 0 Å². The normalized spacial score (nSPS) is 27.6. The molecule has 0 spiro atoms. The van der Waals surface area contributed by atoms with Crippen molar-refractivity contribution >= 4 is 17.5 Å². The number of nitrogens with zero attached hydrogens (tertiary/aromatic N) is 1. The number of methoxy groups -OCH3 is 2. The number of amides is 1. The molecule has 2 aliphatic rings. The molecule has 0 unspecified atom stereocenters. The van der Waals surface area contributed by atoms with Crippen LogP contribution in [0.3, 0.4) is 0 Å². The minimum Gasteiger partial charge on any atom is -0.495 e. The van der Waals surface area contributed by atoms with E-state index in [1.807, 2.05) is 4.90 Å². The molecule has 22 heavy (non-hydrogen) atoms. The van der Waals surface area contributed by atoms with Crippen LogP contribution in [-0.2, 0) is 9.47 Å². The molecule has 3 rings (SSSR count). The van der Waals surface area contributed by atoms with Crippen LogP contribution in [0, 0.1) is 0 Å². The van der Waals surface area contributed by atoms with Crippen LogP contribution in [0.5, 0.6) is 5.75 Å². The van der Waals surface area contributed by atoms with Crippen molar-refractivity contribution in [3.63, 3.8) is 0 Å². The quantitative estimate of drug-likeness (QED) is 0.856. The van der Waals surface area contributed by atoms with Crippen LogP contribution in [0.1, 0.15) is 23.2 Å². The Hall–Kier alpha value is -1.30. The zero-order chi connectivity index (χ0) is 15.7. The van der Waals surface area contributed by atoms with Crippen molar-refractivity contribution in [1.29, 1.82) is 0 Å². The fourth-order valence-electron chi connectivity index (χ4n) is 3.39. The molecule has 1 aliphatic carbocycles. The van der Waals surface area contributed by atoms with Crippen LogP contribution < -0.4 is 4.74 Å². The summed E-state index contributed by atoms with van der Waals surface area (Å²) in [6.07, 6.45) is 1.86. The molecule has 120 valence electrons. The van der Waals surface area contributed by atoms with Gasteiger partial charge in [-0.1, -0.05) is 11.6 Å². The second kappa shape index (κ2) is 6.44. The summed E-state index contributed by atoms with van der Waals surface area (Å²) in [6, 6.07) is 5.21. The fourth-order valence-corrected chi connectivity index (χ4v) is 3.64. The van der Waals surface area contributed by atoms with E-state index in [-0.39, 0.29) is 24.2 Å². The van der Waals surface area contributed by atoms with Crippen LogP contribution in [0.15, 0.2) is 18.2 Å². The maximum Gasteiger partial charge on any atom is 0.254 e. The second-order valence-electron chi connectivity index (χ2n) is 5.60. The first-order chi connectivity index (χ1) is 10.7. The standard InChI is InChI=1S/C16H20ClNO4/c1-20-13-5-3-10(9-11(13)17)16(19)18-7-8-22-15-12(18)4-6-14(15)21-2/h3,5,9,12,14-15H,4,6-8H2,1-2H3/t12-,14-,15+/m0/s1. The van der Waals surface area contributed by atoms with Gasteiger partial charge in [-0.25, -0.2) is 0 Å². The van der Waals surface area contributed by atoms with E-state index < -0.39 is 0 Å². The maximum atomic E-state index is 12.8. The van der Waals surface area contributed by atoms with E-state index in [4.69, 9.17) is 25.8 Å². The number of carbonyl (C=O) groups excluding carboxylic acids is 1. The molecule has 0 radical (unpaired) electrons. The molecule has 1 saturated heterocycles. The van der Waals surface area contributed by atoms with E-state index in [0.717, 1.165) is 12.8 Å². The van der Waals surface area contributed by atoms with Gasteiger partial charge in [0, 0.05) is 19.2 Å². The summed E-state index contributed by atoms with van der Waals surface area (Å²) < 4.78 is 16.4. The van der Waals surface area contributed by atoms with Crippen molar-refractivity contribution in [3.05, 3.63) is 28.8 Å². The van der Waals surface area contributed by atoms with Crippen LogP contribution >= 0.6 is 11.6 Å². The molecule has 1 heterocycles. The monoisotopic (exact) mass is 325 g/mol. The summed E-state index contributed by atoms with van der Waals surface area (Å²) in [5.41, 5.74) is 0.576. The first-order valence-corrected chi connectivity index (χ1v) is 7.82. The van der Waals surface area contributed by atoms with E-state index in [1.165, 1.54) is 0 Å². The predicted molar refractivity (Wildman–Crippen MR) is 82.6 cm³/mol. The van der Waals surface area contributed by atoms with Gasteiger partial charge >= 0.3 is 0 Å². The third kappa shape index (κ3) is 2.69. The summed E-state index contributed by atoms with van der Waals surface area (Å²) >= 11 is 6.13. The van der Waals surface area contributed by atoms with Crippen LogP contribution in [0.2, 0.25) is 5.02 Å². The van der Waals surface area contributed by atoms with E-state index in [2.05, 4.69) is 0 Å². The Morgan fingerprint density at radius 2 is 2.18 bits per heavy atom. The van der Waals surface area contributed by atoms with Crippen molar-refractivity contribution < 1.29 is 19.0 Å². The van der Waals surface area contributed by atoms with Crippen molar-refractivity contribution in [1.82, 2.24) is 4.90 Å². The van der Waals surface area contributed by atoms with E-state index >= 15 is 0 Å². The van der Waals surface area contributed by atoms with Gasteiger partial charge in [0.1, 0.15) is 11.9 Å². The first kappa shape index (κ1) is 15.6. The number of halogens is 1. The summed E-state index contributed by atoms with van der Waals surface area (Å²) in [5.74, 6) is 0.554. The Bertz CT molecular complexity index is 565. The van der Waals surface area contributed by atoms with Gasteiger partial charge in [0.15, 0.2) is 0 Å². The molecule has 5 nitrogen and oxygen atoms in total. The number of benzene rings is 1. The maximum absolute atomic E-state index is 12.8. The third-order valence-electron chi connectivity index (χ3n) is 4.50. The molecule has 1 aromatic rings. The summed E-state index contributed by atoms with van der Waals surface area (Å²) in [6.45, 7) is 1.14. The number of ether oxygens (including phenoxy) is 3. The molecule has 1 amide bonds.